The standard InChI is InChI=1S/C18H18O4/c1-3-21-17(20)11-18(2)15-10-12(19)8-9-13(15)14-6-4-5-7-16(14)22-18/h4-10,19H,3,11H2,1-2H3. The highest BCUT2D eigenvalue weighted by atomic mass is 16.5. The third kappa shape index (κ3) is 2.41. The predicted octanol–water partition coefficient (Wildman–Crippen LogP) is 3.62. The van der Waals surface area contributed by atoms with Crippen LogP contribution in [0, 0.1) is 0 Å². The van der Waals surface area contributed by atoms with E-state index in [1.54, 1.807) is 19.1 Å². The molecule has 1 N–H and O–H groups in total. The van der Waals surface area contributed by atoms with Crippen LogP contribution < -0.4 is 4.74 Å². The first-order valence-corrected chi connectivity index (χ1v) is 7.31. The fraction of sp³-hybridized carbons (Fsp3) is 0.278. The van der Waals surface area contributed by atoms with Crippen molar-refractivity contribution >= 4 is 5.97 Å². The van der Waals surface area contributed by atoms with Gasteiger partial charge in [-0.25, -0.2) is 0 Å². The van der Waals surface area contributed by atoms with Crippen LogP contribution in [-0.4, -0.2) is 17.7 Å². The zero-order chi connectivity index (χ0) is 15.7. The quantitative estimate of drug-likeness (QED) is 0.879. The summed E-state index contributed by atoms with van der Waals surface area (Å²) in [6.07, 6.45) is 0.0889. The Labute approximate surface area is 129 Å². The number of carbonyl (C=O) groups excluding carboxylic acids is 1. The Morgan fingerprint density at radius 3 is 2.77 bits per heavy atom. The van der Waals surface area contributed by atoms with Crippen molar-refractivity contribution in [2.24, 2.45) is 0 Å². The molecule has 4 heteroatoms. The lowest BCUT2D eigenvalue weighted by Crippen LogP contribution is -2.35. The molecule has 0 bridgehead atoms. The molecule has 0 radical (unpaired) electrons. The summed E-state index contributed by atoms with van der Waals surface area (Å²) in [5, 5.41) is 9.83. The number of aromatic hydroxyl groups is 1. The number of carbonyl (C=O) groups is 1. The van der Waals surface area contributed by atoms with Crippen LogP contribution in [0.15, 0.2) is 42.5 Å². The fourth-order valence-electron chi connectivity index (χ4n) is 2.90. The van der Waals surface area contributed by atoms with Gasteiger partial charge in [0.05, 0.1) is 13.0 Å². The van der Waals surface area contributed by atoms with Crippen LogP contribution in [0.25, 0.3) is 11.1 Å². The van der Waals surface area contributed by atoms with Gasteiger partial charge < -0.3 is 14.6 Å². The number of phenols is 1. The molecule has 0 spiro atoms. The topological polar surface area (TPSA) is 55.8 Å². The van der Waals surface area contributed by atoms with Gasteiger partial charge in [-0.1, -0.05) is 24.3 Å². The third-order valence-corrected chi connectivity index (χ3v) is 3.87. The van der Waals surface area contributed by atoms with E-state index in [0.717, 1.165) is 22.4 Å². The van der Waals surface area contributed by atoms with Crippen LogP contribution in [0.3, 0.4) is 0 Å². The molecule has 1 atom stereocenters. The van der Waals surface area contributed by atoms with E-state index in [9.17, 15) is 9.90 Å². The zero-order valence-corrected chi connectivity index (χ0v) is 12.6. The van der Waals surface area contributed by atoms with Crippen molar-refractivity contribution in [1.82, 2.24) is 0 Å². The third-order valence-electron chi connectivity index (χ3n) is 3.87. The highest BCUT2D eigenvalue weighted by Gasteiger charge is 2.39. The van der Waals surface area contributed by atoms with Crippen molar-refractivity contribution in [2.75, 3.05) is 6.61 Å². The van der Waals surface area contributed by atoms with Crippen LogP contribution in [0.2, 0.25) is 0 Å². The lowest BCUT2D eigenvalue weighted by atomic mass is 9.83. The number of para-hydroxylation sites is 1. The average Bonchev–Trinajstić information content (AvgIpc) is 2.47. The van der Waals surface area contributed by atoms with Crippen molar-refractivity contribution in [3.63, 3.8) is 0 Å². The maximum absolute atomic E-state index is 12.0. The van der Waals surface area contributed by atoms with E-state index in [1.807, 2.05) is 37.3 Å². The lowest BCUT2D eigenvalue weighted by molar-refractivity contribution is -0.147. The first-order chi connectivity index (χ1) is 10.5. The Bertz CT molecular complexity index is 723. The second-order valence-electron chi connectivity index (χ2n) is 5.54. The number of esters is 1. The maximum atomic E-state index is 12.0. The monoisotopic (exact) mass is 298 g/mol. The fourth-order valence-corrected chi connectivity index (χ4v) is 2.90. The average molecular weight is 298 g/mol. The Morgan fingerprint density at radius 1 is 1.23 bits per heavy atom. The van der Waals surface area contributed by atoms with Crippen molar-refractivity contribution < 1.29 is 19.4 Å². The molecule has 0 saturated carbocycles. The minimum absolute atomic E-state index is 0.0889. The van der Waals surface area contributed by atoms with Gasteiger partial charge in [0, 0.05) is 11.1 Å². The van der Waals surface area contributed by atoms with Crippen molar-refractivity contribution in [2.45, 2.75) is 25.9 Å². The van der Waals surface area contributed by atoms with E-state index in [0.29, 0.717) is 6.61 Å². The summed E-state index contributed by atoms with van der Waals surface area (Å²) < 4.78 is 11.2. The van der Waals surface area contributed by atoms with Crippen LogP contribution in [0.5, 0.6) is 11.5 Å². The summed E-state index contributed by atoms with van der Waals surface area (Å²) >= 11 is 0. The summed E-state index contributed by atoms with van der Waals surface area (Å²) in [5.41, 5.74) is 1.85. The molecule has 1 heterocycles. The smallest absolute Gasteiger partial charge is 0.310 e. The molecule has 22 heavy (non-hydrogen) atoms. The van der Waals surface area contributed by atoms with Gasteiger partial charge in [0.2, 0.25) is 0 Å². The van der Waals surface area contributed by atoms with Gasteiger partial charge in [-0.3, -0.25) is 4.79 Å². The SMILES string of the molecule is CCOC(=O)CC1(C)Oc2ccccc2-c2ccc(O)cc21. The normalized spacial score (nSPS) is 18.8. The molecule has 0 fully saturated rings. The van der Waals surface area contributed by atoms with Crippen molar-refractivity contribution in [1.29, 1.82) is 0 Å². The molecule has 0 saturated heterocycles. The van der Waals surface area contributed by atoms with Gasteiger partial charge in [0.15, 0.2) is 0 Å². The highest BCUT2D eigenvalue weighted by Crippen LogP contribution is 2.47. The molecule has 0 aromatic heterocycles. The summed E-state index contributed by atoms with van der Waals surface area (Å²) in [7, 11) is 0. The van der Waals surface area contributed by atoms with Gasteiger partial charge in [0.25, 0.3) is 0 Å². The molecule has 1 unspecified atom stereocenters. The van der Waals surface area contributed by atoms with Gasteiger partial charge in [-0.05, 0) is 37.6 Å². The van der Waals surface area contributed by atoms with Crippen molar-refractivity contribution in [3.8, 4) is 22.6 Å². The van der Waals surface area contributed by atoms with E-state index in [1.165, 1.54) is 0 Å². The Hall–Kier alpha value is -2.49. The van der Waals surface area contributed by atoms with E-state index in [-0.39, 0.29) is 18.1 Å². The number of benzene rings is 2. The first kappa shape index (κ1) is 14.4. The Balaban J connectivity index is 2.11. The second-order valence-corrected chi connectivity index (χ2v) is 5.54. The van der Waals surface area contributed by atoms with Crippen LogP contribution in [0.1, 0.15) is 25.8 Å². The highest BCUT2D eigenvalue weighted by molar-refractivity contribution is 5.79. The minimum Gasteiger partial charge on any atom is -0.508 e. The van der Waals surface area contributed by atoms with E-state index >= 15 is 0 Å². The zero-order valence-electron chi connectivity index (χ0n) is 12.6. The number of fused-ring (bicyclic) bond motifs is 3. The largest absolute Gasteiger partial charge is 0.508 e. The maximum Gasteiger partial charge on any atom is 0.310 e. The Kier molecular flexibility index (Phi) is 3.53. The molecule has 114 valence electrons. The molecular formula is C18H18O4. The van der Waals surface area contributed by atoms with E-state index in [2.05, 4.69) is 0 Å². The van der Waals surface area contributed by atoms with E-state index in [4.69, 9.17) is 9.47 Å². The molecule has 0 aliphatic carbocycles. The minimum atomic E-state index is -0.866. The van der Waals surface area contributed by atoms with Crippen molar-refractivity contribution in [3.05, 3.63) is 48.0 Å². The van der Waals surface area contributed by atoms with E-state index < -0.39 is 5.60 Å². The van der Waals surface area contributed by atoms with Crippen LogP contribution >= 0.6 is 0 Å². The Morgan fingerprint density at radius 2 is 2.00 bits per heavy atom. The van der Waals surface area contributed by atoms with Crippen LogP contribution in [-0.2, 0) is 15.1 Å². The number of ether oxygens (including phenoxy) is 2. The van der Waals surface area contributed by atoms with Gasteiger partial charge >= 0.3 is 5.97 Å². The van der Waals surface area contributed by atoms with Gasteiger partial charge in [-0.15, -0.1) is 0 Å². The molecule has 4 nitrogen and oxygen atoms in total. The molecule has 1 aliphatic rings. The molecule has 2 aromatic rings. The molecule has 3 rings (SSSR count). The van der Waals surface area contributed by atoms with Gasteiger partial charge in [0.1, 0.15) is 17.1 Å². The second kappa shape index (κ2) is 5.37. The number of hydrogen-bond donors (Lipinski definition) is 1. The predicted molar refractivity (Wildman–Crippen MR) is 82.8 cm³/mol. The molecule has 2 aromatic carbocycles. The number of hydrogen-bond acceptors (Lipinski definition) is 4. The summed E-state index contributed by atoms with van der Waals surface area (Å²) in [5.74, 6) is 0.558. The number of rotatable bonds is 3. The van der Waals surface area contributed by atoms with Gasteiger partial charge in [-0.2, -0.15) is 0 Å². The first-order valence-electron chi connectivity index (χ1n) is 7.31. The lowest BCUT2D eigenvalue weighted by Gasteiger charge is -2.37. The van der Waals surface area contributed by atoms with Crippen LogP contribution in [0.4, 0.5) is 0 Å². The number of phenolic OH excluding ortho intramolecular Hbond substituents is 1. The summed E-state index contributed by atoms with van der Waals surface area (Å²) in [6.45, 7) is 3.95. The molecular weight excluding hydrogens is 280 g/mol. The summed E-state index contributed by atoms with van der Waals surface area (Å²) in [6, 6.07) is 12.8. The summed E-state index contributed by atoms with van der Waals surface area (Å²) in [4.78, 5) is 12.0. The molecule has 1 aliphatic heterocycles. The molecule has 0 amide bonds.